The normalized spacial score (nSPS) is 17.2. The molecule has 2 aromatic carbocycles. The number of carbonyl (C=O) groups is 1. The van der Waals surface area contributed by atoms with Crippen molar-refractivity contribution in [2.24, 2.45) is 0 Å². The van der Waals surface area contributed by atoms with Crippen molar-refractivity contribution >= 4 is 40.8 Å². The van der Waals surface area contributed by atoms with Crippen LogP contribution in [0.1, 0.15) is 6.42 Å². The Balaban J connectivity index is 0.00000176. The second kappa shape index (κ2) is 7.86. The van der Waals surface area contributed by atoms with Crippen molar-refractivity contribution in [1.29, 1.82) is 0 Å². The number of benzene rings is 2. The van der Waals surface area contributed by atoms with E-state index < -0.39 is 0 Å². The molecule has 3 rings (SSSR count). The summed E-state index contributed by atoms with van der Waals surface area (Å²) in [4.78, 5) is 15.3. The van der Waals surface area contributed by atoms with Crippen LogP contribution in [-0.4, -0.2) is 42.7 Å². The second-order valence-corrected chi connectivity index (χ2v) is 6.50. The molecule has 0 radical (unpaired) electrons. The third-order valence-electron chi connectivity index (χ3n) is 4.06. The van der Waals surface area contributed by atoms with Crippen molar-refractivity contribution in [3.05, 3.63) is 42.5 Å². The predicted octanol–water partition coefficient (Wildman–Crippen LogP) is 3.17. The molecule has 0 aliphatic carbocycles. The average molecular weight is 337 g/mol. The Hall–Kier alpha value is -1.23. The number of rotatable bonds is 4. The largest absolute Gasteiger partial charge is 0.341 e. The Morgan fingerprint density at radius 3 is 2.77 bits per heavy atom. The summed E-state index contributed by atoms with van der Waals surface area (Å²) in [6.45, 7) is 1.93. The van der Waals surface area contributed by atoms with Crippen LogP contribution in [0.2, 0.25) is 0 Å². The van der Waals surface area contributed by atoms with Gasteiger partial charge in [-0.25, -0.2) is 0 Å². The van der Waals surface area contributed by atoms with Crippen LogP contribution in [0.15, 0.2) is 47.4 Å². The van der Waals surface area contributed by atoms with Gasteiger partial charge in [0.1, 0.15) is 0 Å². The maximum Gasteiger partial charge on any atom is 0.232 e. The molecule has 0 saturated carbocycles. The van der Waals surface area contributed by atoms with Crippen molar-refractivity contribution in [2.75, 3.05) is 25.9 Å². The van der Waals surface area contributed by atoms with Crippen molar-refractivity contribution in [3.8, 4) is 0 Å². The van der Waals surface area contributed by atoms with E-state index in [1.165, 1.54) is 10.8 Å². The van der Waals surface area contributed by atoms with Crippen molar-refractivity contribution in [1.82, 2.24) is 10.2 Å². The van der Waals surface area contributed by atoms with Gasteiger partial charge in [0.15, 0.2) is 0 Å². The molecule has 1 unspecified atom stereocenters. The first-order valence-electron chi connectivity index (χ1n) is 7.32. The van der Waals surface area contributed by atoms with Gasteiger partial charge in [-0.15, -0.1) is 24.2 Å². The fourth-order valence-corrected chi connectivity index (χ4v) is 3.55. The van der Waals surface area contributed by atoms with Gasteiger partial charge in [0.05, 0.1) is 5.75 Å². The molecule has 1 fully saturated rings. The highest BCUT2D eigenvalue weighted by molar-refractivity contribution is 8.00. The summed E-state index contributed by atoms with van der Waals surface area (Å²) in [7, 11) is 1.92. The number of hydrogen-bond donors (Lipinski definition) is 1. The first kappa shape index (κ1) is 17.1. The Morgan fingerprint density at radius 1 is 1.27 bits per heavy atom. The first-order valence-corrected chi connectivity index (χ1v) is 8.30. The molecule has 22 heavy (non-hydrogen) atoms. The lowest BCUT2D eigenvalue weighted by Gasteiger charge is -2.23. The van der Waals surface area contributed by atoms with Gasteiger partial charge >= 0.3 is 0 Å². The van der Waals surface area contributed by atoms with Crippen molar-refractivity contribution in [3.63, 3.8) is 0 Å². The van der Waals surface area contributed by atoms with E-state index >= 15 is 0 Å². The maximum atomic E-state index is 12.2. The van der Waals surface area contributed by atoms with Gasteiger partial charge in [-0.1, -0.05) is 30.3 Å². The third kappa shape index (κ3) is 3.94. The Bertz CT molecular complexity index is 643. The number of thioether (sulfide) groups is 1. The topological polar surface area (TPSA) is 32.3 Å². The number of nitrogens with one attached hydrogen (secondary N) is 1. The second-order valence-electron chi connectivity index (χ2n) is 5.45. The van der Waals surface area contributed by atoms with Crippen LogP contribution in [-0.2, 0) is 4.79 Å². The van der Waals surface area contributed by atoms with Gasteiger partial charge in [0, 0.05) is 24.5 Å². The zero-order valence-corrected chi connectivity index (χ0v) is 14.3. The van der Waals surface area contributed by atoms with Gasteiger partial charge in [0.2, 0.25) is 5.91 Å². The fraction of sp³-hybridized carbons (Fsp3) is 0.353. The summed E-state index contributed by atoms with van der Waals surface area (Å²) in [6.07, 6.45) is 1.06. The standard InChI is InChI=1S/C17H20N2OS.ClH/c1-19(15-8-9-18-11-15)17(20)12-21-16-7-6-13-4-2-3-5-14(13)10-16;/h2-7,10,15,18H,8-9,11-12H2,1H3;1H. The summed E-state index contributed by atoms with van der Waals surface area (Å²) in [6, 6.07) is 15.0. The Labute approximate surface area is 141 Å². The minimum atomic E-state index is 0. The third-order valence-corrected chi connectivity index (χ3v) is 5.04. The molecular weight excluding hydrogens is 316 g/mol. The summed E-state index contributed by atoms with van der Waals surface area (Å²) < 4.78 is 0. The van der Waals surface area contributed by atoms with Crippen LogP contribution in [0.5, 0.6) is 0 Å². The van der Waals surface area contributed by atoms with Gasteiger partial charge in [0.25, 0.3) is 0 Å². The minimum Gasteiger partial charge on any atom is -0.341 e. The zero-order chi connectivity index (χ0) is 14.7. The molecule has 118 valence electrons. The molecule has 1 heterocycles. The molecule has 1 atom stereocenters. The Kier molecular flexibility index (Phi) is 6.12. The molecule has 1 saturated heterocycles. The number of nitrogens with zero attached hydrogens (tertiary/aromatic N) is 1. The highest BCUT2D eigenvalue weighted by Crippen LogP contribution is 2.24. The molecule has 0 aromatic heterocycles. The fourth-order valence-electron chi connectivity index (χ4n) is 2.68. The van der Waals surface area contributed by atoms with Gasteiger partial charge in [-0.2, -0.15) is 0 Å². The van der Waals surface area contributed by atoms with E-state index in [9.17, 15) is 4.79 Å². The van der Waals surface area contributed by atoms with Crippen LogP contribution < -0.4 is 5.32 Å². The summed E-state index contributed by atoms with van der Waals surface area (Å²) in [5, 5.41) is 5.76. The Morgan fingerprint density at radius 2 is 2.05 bits per heavy atom. The quantitative estimate of drug-likeness (QED) is 0.870. The lowest BCUT2D eigenvalue weighted by atomic mass is 10.1. The zero-order valence-electron chi connectivity index (χ0n) is 12.6. The van der Waals surface area contributed by atoms with E-state index in [0.29, 0.717) is 11.8 Å². The van der Waals surface area contributed by atoms with E-state index in [4.69, 9.17) is 0 Å². The number of likely N-dealkylation sites (N-methyl/N-ethyl adjacent to an activating group) is 1. The summed E-state index contributed by atoms with van der Waals surface area (Å²) >= 11 is 1.62. The van der Waals surface area contributed by atoms with Crippen LogP contribution >= 0.6 is 24.2 Å². The lowest BCUT2D eigenvalue weighted by Crippen LogP contribution is -2.39. The number of halogens is 1. The molecule has 3 nitrogen and oxygen atoms in total. The maximum absolute atomic E-state index is 12.2. The predicted molar refractivity (Wildman–Crippen MR) is 96.0 cm³/mol. The first-order chi connectivity index (χ1) is 10.2. The van der Waals surface area contributed by atoms with E-state index in [1.54, 1.807) is 11.8 Å². The highest BCUT2D eigenvalue weighted by Gasteiger charge is 2.22. The van der Waals surface area contributed by atoms with Crippen LogP contribution in [0.4, 0.5) is 0 Å². The van der Waals surface area contributed by atoms with Crippen LogP contribution in [0.3, 0.4) is 0 Å². The van der Waals surface area contributed by atoms with Gasteiger partial charge in [-0.3, -0.25) is 4.79 Å². The van der Waals surface area contributed by atoms with Crippen molar-refractivity contribution in [2.45, 2.75) is 17.4 Å². The molecule has 1 aliphatic rings. The highest BCUT2D eigenvalue weighted by atomic mass is 35.5. The van der Waals surface area contributed by atoms with Crippen LogP contribution in [0.25, 0.3) is 10.8 Å². The van der Waals surface area contributed by atoms with Crippen molar-refractivity contribution < 1.29 is 4.79 Å². The number of fused-ring (bicyclic) bond motifs is 1. The van der Waals surface area contributed by atoms with E-state index in [2.05, 4.69) is 35.6 Å². The number of carbonyl (C=O) groups excluding carboxylic acids is 1. The van der Waals surface area contributed by atoms with Crippen LogP contribution in [0, 0.1) is 0 Å². The average Bonchev–Trinajstić information content (AvgIpc) is 3.06. The van der Waals surface area contributed by atoms with Gasteiger partial charge in [-0.05, 0) is 35.9 Å². The smallest absolute Gasteiger partial charge is 0.232 e. The van der Waals surface area contributed by atoms with E-state index in [0.717, 1.165) is 24.4 Å². The van der Waals surface area contributed by atoms with E-state index in [1.807, 2.05) is 24.1 Å². The molecule has 5 heteroatoms. The minimum absolute atomic E-state index is 0. The number of amides is 1. The molecule has 0 bridgehead atoms. The summed E-state index contributed by atoms with van der Waals surface area (Å²) in [5.41, 5.74) is 0. The molecule has 1 aliphatic heterocycles. The van der Waals surface area contributed by atoms with E-state index in [-0.39, 0.29) is 18.3 Å². The summed E-state index contributed by atoms with van der Waals surface area (Å²) in [5.74, 6) is 0.715. The molecular formula is C17H21ClN2OS. The lowest BCUT2D eigenvalue weighted by molar-refractivity contribution is -0.128. The van der Waals surface area contributed by atoms with Gasteiger partial charge < -0.3 is 10.2 Å². The molecule has 1 amide bonds. The molecule has 0 spiro atoms. The molecule has 2 aromatic rings. The molecule has 1 N–H and O–H groups in total. The monoisotopic (exact) mass is 336 g/mol. The SMILES string of the molecule is CN(C(=O)CSc1ccc2ccccc2c1)C1CCNC1.Cl. The number of hydrogen-bond acceptors (Lipinski definition) is 3.